The van der Waals surface area contributed by atoms with Gasteiger partial charge in [-0.25, -0.2) is 4.99 Å². The van der Waals surface area contributed by atoms with Crippen molar-refractivity contribution >= 4 is 6.21 Å². The van der Waals surface area contributed by atoms with Crippen molar-refractivity contribution in [2.45, 2.75) is 20.3 Å². The Bertz CT molecular complexity index is 566. The van der Waals surface area contributed by atoms with Crippen molar-refractivity contribution < 1.29 is 0 Å². The normalized spacial score (nSPS) is 12.1. The average molecular weight is 252 g/mol. The van der Waals surface area contributed by atoms with Gasteiger partial charge in [0.1, 0.15) is 17.8 Å². The molecule has 0 aromatic heterocycles. The molecular weight excluding hydrogens is 236 g/mol. The van der Waals surface area contributed by atoms with Gasteiger partial charge >= 0.3 is 0 Å². The van der Waals surface area contributed by atoms with Crippen LogP contribution in [0.25, 0.3) is 0 Å². The fraction of sp³-hybridized carbons (Fsp3) is 0.267. The summed E-state index contributed by atoms with van der Waals surface area (Å²) in [5.41, 5.74) is 7.25. The van der Waals surface area contributed by atoms with E-state index in [1.807, 2.05) is 24.3 Å². The third-order valence-electron chi connectivity index (χ3n) is 2.45. The predicted octanol–water partition coefficient (Wildman–Crippen LogP) is 2.52. The molecule has 0 aliphatic rings. The second kappa shape index (κ2) is 6.98. The Kier molecular flexibility index (Phi) is 5.32. The van der Waals surface area contributed by atoms with Gasteiger partial charge in [-0.3, -0.25) is 0 Å². The van der Waals surface area contributed by atoms with Crippen LogP contribution in [0.3, 0.4) is 0 Å². The van der Waals surface area contributed by atoms with Crippen LogP contribution in [0.1, 0.15) is 25.0 Å². The van der Waals surface area contributed by atoms with Gasteiger partial charge in [0.05, 0.1) is 0 Å². The summed E-state index contributed by atoms with van der Waals surface area (Å²) in [7, 11) is 0. The summed E-state index contributed by atoms with van der Waals surface area (Å²) in [6.07, 6.45) is 2.56. The maximum atomic E-state index is 8.80. The van der Waals surface area contributed by atoms with Crippen LogP contribution in [0, 0.1) is 28.6 Å². The van der Waals surface area contributed by atoms with E-state index >= 15 is 0 Å². The van der Waals surface area contributed by atoms with Crippen molar-refractivity contribution in [2.75, 3.05) is 0 Å². The number of hydrogen-bond donors (Lipinski definition) is 1. The first-order valence-corrected chi connectivity index (χ1v) is 5.99. The Morgan fingerprint density at radius 3 is 2.37 bits per heavy atom. The maximum Gasteiger partial charge on any atom is 0.174 e. The molecule has 0 spiro atoms. The molecule has 4 nitrogen and oxygen atoms in total. The third-order valence-corrected chi connectivity index (χ3v) is 2.45. The zero-order chi connectivity index (χ0) is 14.3. The minimum atomic E-state index is -0.171. The van der Waals surface area contributed by atoms with Crippen LogP contribution in [-0.4, -0.2) is 6.21 Å². The molecule has 0 radical (unpaired) electrons. The zero-order valence-corrected chi connectivity index (χ0v) is 11.1. The monoisotopic (exact) mass is 252 g/mol. The van der Waals surface area contributed by atoms with Gasteiger partial charge in [-0.2, -0.15) is 10.5 Å². The number of rotatable bonds is 4. The van der Waals surface area contributed by atoms with Crippen molar-refractivity contribution in [1.82, 2.24) is 0 Å². The van der Waals surface area contributed by atoms with Crippen molar-refractivity contribution in [2.24, 2.45) is 16.6 Å². The van der Waals surface area contributed by atoms with Gasteiger partial charge in [-0.15, -0.1) is 0 Å². The van der Waals surface area contributed by atoms with Crippen LogP contribution in [0.15, 0.2) is 40.7 Å². The maximum absolute atomic E-state index is 8.80. The van der Waals surface area contributed by atoms with Crippen LogP contribution in [0.5, 0.6) is 0 Å². The molecule has 0 saturated heterocycles. The highest BCUT2D eigenvalue weighted by molar-refractivity contribution is 5.80. The molecule has 1 rings (SSSR count). The molecular formula is C15H16N4. The molecule has 0 amide bonds. The Morgan fingerprint density at radius 1 is 1.26 bits per heavy atom. The summed E-state index contributed by atoms with van der Waals surface area (Å²) in [5, 5.41) is 17.4. The van der Waals surface area contributed by atoms with Crippen molar-refractivity contribution in [3.63, 3.8) is 0 Å². The van der Waals surface area contributed by atoms with E-state index in [1.54, 1.807) is 12.1 Å². The fourth-order valence-electron chi connectivity index (χ4n) is 1.56. The van der Waals surface area contributed by atoms with Crippen LogP contribution in [-0.2, 0) is 6.42 Å². The lowest BCUT2D eigenvalue weighted by Crippen LogP contribution is -1.98. The van der Waals surface area contributed by atoms with E-state index in [2.05, 4.69) is 18.8 Å². The molecule has 96 valence electrons. The minimum absolute atomic E-state index is 0.0613. The fourth-order valence-corrected chi connectivity index (χ4v) is 1.56. The van der Waals surface area contributed by atoms with Gasteiger partial charge in [-0.05, 0) is 23.5 Å². The summed E-state index contributed by atoms with van der Waals surface area (Å²) in [5.74, 6) is 0.614. The molecule has 1 aromatic carbocycles. The molecule has 1 aromatic rings. The van der Waals surface area contributed by atoms with Gasteiger partial charge in [-0.1, -0.05) is 38.1 Å². The lowest BCUT2D eigenvalue weighted by Gasteiger charge is -2.04. The lowest BCUT2D eigenvalue weighted by atomic mass is 10.0. The highest BCUT2D eigenvalue weighted by Gasteiger charge is 2.00. The largest absolute Gasteiger partial charge is 0.388 e. The molecule has 0 aliphatic carbocycles. The standard InChI is InChI=1S/C15H16N4/c1-11(2)7-12-3-5-13(6-4-12)10-19-15(9-17)14(18)8-16/h3-6,10-11H,7,18H2,1-2H3. The van der Waals surface area contributed by atoms with E-state index in [1.165, 1.54) is 11.8 Å². The molecule has 0 saturated carbocycles. The van der Waals surface area contributed by atoms with Crippen molar-refractivity contribution in [3.05, 3.63) is 46.8 Å². The van der Waals surface area contributed by atoms with Crippen LogP contribution in [0.4, 0.5) is 0 Å². The zero-order valence-electron chi connectivity index (χ0n) is 11.1. The summed E-state index contributed by atoms with van der Waals surface area (Å²) in [4.78, 5) is 3.92. The Morgan fingerprint density at radius 2 is 1.89 bits per heavy atom. The second-order valence-electron chi connectivity index (χ2n) is 4.58. The van der Waals surface area contributed by atoms with Gasteiger partial charge in [0.25, 0.3) is 0 Å². The predicted molar refractivity (Wildman–Crippen MR) is 75.0 cm³/mol. The first kappa shape index (κ1) is 14.5. The Hall–Kier alpha value is -2.59. The highest BCUT2D eigenvalue weighted by Crippen LogP contribution is 2.09. The van der Waals surface area contributed by atoms with E-state index in [0.717, 1.165) is 12.0 Å². The summed E-state index contributed by atoms with van der Waals surface area (Å²) in [6.45, 7) is 4.34. The first-order chi connectivity index (χ1) is 9.06. The van der Waals surface area contributed by atoms with Crippen LogP contribution < -0.4 is 5.73 Å². The van der Waals surface area contributed by atoms with E-state index in [4.69, 9.17) is 16.3 Å². The average Bonchev–Trinajstić information content (AvgIpc) is 2.40. The number of hydrogen-bond acceptors (Lipinski definition) is 4. The van der Waals surface area contributed by atoms with Gasteiger partial charge < -0.3 is 5.73 Å². The summed E-state index contributed by atoms with van der Waals surface area (Å²) in [6, 6.07) is 11.4. The molecule has 0 atom stereocenters. The number of benzene rings is 1. The van der Waals surface area contributed by atoms with Gasteiger partial charge in [0.2, 0.25) is 0 Å². The Labute approximate surface area is 113 Å². The molecule has 0 heterocycles. The lowest BCUT2D eigenvalue weighted by molar-refractivity contribution is 0.647. The second-order valence-corrected chi connectivity index (χ2v) is 4.58. The molecule has 0 aliphatic heterocycles. The van der Waals surface area contributed by atoms with Gasteiger partial charge in [0.15, 0.2) is 5.70 Å². The Balaban J connectivity index is 2.85. The highest BCUT2D eigenvalue weighted by atomic mass is 14.8. The van der Waals surface area contributed by atoms with Crippen molar-refractivity contribution in [1.29, 1.82) is 10.5 Å². The van der Waals surface area contributed by atoms with Crippen LogP contribution in [0.2, 0.25) is 0 Å². The molecule has 19 heavy (non-hydrogen) atoms. The number of aliphatic imine (C=N–C) groups is 1. The SMILES string of the molecule is CC(C)Cc1ccc(C=NC(C#N)=C(N)C#N)cc1. The third kappa shape index (κ3) is 4.65. The summed E-state index contributed by atoms with van der Waals surface area (Å²) < 4.78 is 0. The van der Waals surface area contributed by atoms with Gasteiger partial charge in [0, 0.05) is 6.21 Å². The number of allylic oxidation sites excluding steroid dienone is 2. The van der Waals surface area contributed by atoms with E-state index < -0.39 is 0 Å². The summed E-state index contributed by atoms with van der Waals surface area (Å²) >= 11 is 0. The minimum Gasteiger partial charge on any atom is -0.388 e. The van der Waals surface area contributed by atoms with Crippen molar-refractivity contribution in [3.8, 4) is 12.1 Å². The number of nitrogens with zero attached hydrogens (tertiary/aromatic N) is 3. The van der Waals surface area contributed by atoms with E-state index in [0.29, 0.717) is 5.92 Å². The molecule has 0 bridgehead atoms. The topological polar surface area (TPSA) is 86.0 Å². The van der Waals surface area contributed by atoms with E-state index in [9.17, 15) is 0 Å². The van der Waals surface area contributed by atoms with E-state index in [-0.39, 0.29) is 11.4 Å². The molecule has 0 fully saturated rings. The van der Waals surface area contributed by atoms with Crippen LogP contribution >= 0.6 is 0 Å². The number of nitrogens with two attached hydrogens (primary N) is 1. The molecule has 0 unspecified atom stereocenters. The smallest absolute Gasteiger partial charge is 0.174 e. The molecule has 4 heteroatoms. The molecule has 2 N–H and O–H groups in total. The quantitative estimate of drug-likeness (QED) is 0.659. The first-order valence-electron chi connectivity index (χ1n) is 5.99. The number of nitriles is 2.